The monoisotopic (exact) mass is 270 g/mol. The van der Waals surface area contributed by atoms with Gasteiger partial charge in [0, 0.05) is 5.33 Å². The summed E-state index contributed by atoms with van der Waals surface area (Å²) in [4.78, 5) is 0. The van der Waals surface area contributed by atoms with Gasteiger partial charge in [0.05, 0.1) is 6.61 Å². The molecule has 0 saturated carbocycles. The predicted molar refractivity (Wildman–Crippen MR) is 68.7 cm³/mol. The lowest BCUT2D eigenvalue weighted by Crippen LogP contribution is -2.14. The standard InChI is InChI=1S/C13H19BrO/c1-11(2)12(10-14)8-9-15-13-6-4-3-5-7-13/h3-7,11-12H,8-10H2,1-2H3. The molecule has 84 valence electrons. The summed E-state index contributed by atoms with van der Waals surface area (Å²) in [7, 11) is 0. The highest BCUT2D eigenvalue weighted by atomic mass is 79.9. The number of rotatable bonds is 6. The fourth-order valence-corrected chi connectivity index (χ4v) is 2.50. The number of benzene rings is 1. The summed E-state index contributed by atoms with van der Waals surface area (Å²) in [5, 5.41) is 1.06. The largest absolute Gasteiger partial charge is 0.494 e. The molecule has 0 N–H and O–H groups in total. The molecule has 0 saturated heterocycles. The van der Waals surface area contributed by atoms with Gasteiger partial charge in [-0.05, 0) is 30.4 Å². The molecule has 1 unspecified atom stereocenters. The van der Waals surface area contributed by atoms with E-state index in [2.05, 4.69) is 29.8 Å². The third kappa shape index (κ3) is 4.70. The molecule has 0 heterocycles. The van der Waals surface area contributed by atoms with Crippen molar-refractivity contribution in [2.24, 2.45) is 11.8 Å². The van der Waals surface area contributed by atoms with Gasteiger partial charge < -0.3 is 4.74 Å². The Balaban J connectivity index is 2.27. The summed E-state index contributed by atoms with van der Waals surface area (Å²) in [5.41, 5.74) is 0. The normalized spacial score (nSPS) is 12.8. The van der Waals surface area contributed by atoms with Crippen LogP contribution in [0.5, 0.6) is 5.75 Å². The number of hydrogen-bond donors (Lipinski definition) is 0. The molecule has 1 rings (SSSR count). The smallest absolute Gasteiger partial charge is 0.119 e. The summed E-state index contributed by atoms with van der Waals surface area (Å²) >= 11 is 3.55. The van der Waals surface area contributed by atoms with Crippen LogP contribution in [0.1, 0.15) is 20.3 Å². The molecule has 2 heteroatoms. The Morgan fingerprint density at radius 1 is 1.20 bits per heavy atom. The fraction of sp³-hybridized carbons (Fsp3) is 0.538. The highest BCUT2D eigenvalue weighted by molar-refractivity contribution is 9.09. The highest BCUT2D eigenvalue weighted by Gasteiger charge is 2.11. The van der Waals surface area contributed by atoms with E-state index in [-0.39, 0.29) is 0 Å². The van der Waals surface area contributed by atoms with Crippen molar-refractivity contribution in [2.75, 3.05) is 11.9 Å². The highest BCUT2D eigenvalue weighted by Crippen LogP contribution is 2.18. The van der Waals surface area contributed by atoms with Crippen LogP contribution < -0.4 is 4.74 Å². The van der Waals surface area contributed by atoms with Crippen LogP contribution in [-0.4, -0.2) is 11.9 Å². The molecule has 0 bridgehead atoms. The molecule has 0 aromatic heterocycles. The first-order valence-corrected chi connectivity index (χ1v) is 6.60. The predicted octanol–water partition coefficient (Wildman–Crippen LogP) is 4.12. The third-order valence-electron chi connectivity index (χ3n) is 2.64. The average Bonchev–Trinajstić information content (AvgIpc) is 2.25. The SMILES string of the molecule is CC(C)C(CBr)CCOc1ccccc1. The molecule has 1 atom stereocenters. The minimum absolute atomic E-state index is 0.703. The van der Waals surface area contributed by atoms with Gasteiger partial charge in [-0.2, -0.15) is 0 Å². The van der Waals surface area contributed by atoms with Crippen LogP contribution in [0, 0.1) is 11.8 Å². The molecular weight excluding hydrogens is 252 g/mol. The van der Waals surface area contributed by atoms with Gasteiger partial charge in [0.1, 0.15) is 5.75 Å². The maximum Gasteiger partial charge on any atom is 0.119 e. The Morgan fingerprint density at radius 3 is 2.40 bits per heavy atom. The van der Waals surface area contributed by atoms with Crippen LogP contribution in [0.25, 0.3) is 0 Å². The number of para-hydroxylation sites is 1. The van der Waals surface area contributed by atoms with Crippen LogP contribution in [-0.2, 0) is 0 Å². The van der Waals surface area contributed by atoms with Crippen molar-refractivity contribution in [3.8, 4) is 5.75 Å². The van der Waals surface area contributed by atoms with Gasteiger partial charge in [-0.25, -0.2) is 0 Å². The van der Waals surface area contributed by atoms with Crippen molar-refractivity contribution in [1.82, 2.24) is 0 Å². The molecule has 15 heavy (non-hydrogen) atoms. The van der Waals surface area contributed by atoms with E-state index in [9.17, 15) is 0 Å². The Morgan fingerprint density at radius 2 is 1.87 bits per heavy atom. The second kappa shape index (κ2) is 6.89. The number of ether oxygens (including phenoxy) is 1. The molecule has 1 aromatic carbocycles. The van der Waals surface area contributed by atoms with Gasteiger partial charge in [-0.15, -0.1) is 0 Å². The zero-order chi connectivity index (χ0) is 11.1. The van der Waals surface area contributed by atoms with E-state index in [1.165, 1.54) is 0 Å². The van der Waals surface area contributed by atoms with Gasteiger partial charge >= 0.3 is 0 Å². The van der Waals surface area contributed by atoms with E-state index in [1.807, 2.05) is 30.3 Å². The molecule has 0 amide bonds. The average molecular weight is 271 g/mol. The van der Waals surface area contributed by atoms with Crippen LogP contribution in [0.4, 0.5) is 0 Å². The van der Waals surface area contributed by atoms with E-state index < -0.39 is 0 Å². The molecule has 1 nitrogen and oxygen atoms in total. The van der Waals surface area contributed by atoms with Crippen molar-refractivity contribution in [3.05, 3.63) is 30.3 Å². The second-order valence-electron chi connectivity index (χ2n) is 4.11. The van der Waals surface area contributed by atoms with Crippen molar-refractivity contribution in [2.45, 2.75) is 20.3 Å². The van der Waals surface area contributed by atoms with Gasteiger partial charge in [-0.1, -0.05) is 48.0 Å². The van der Waals surface area contributed by atoms with Gasteiger partial charge in [0.15, 0.2) is 0 Å². The van der Waals surface area contributed by atoms with Gasteiger partial charge in [0.25, 0.3) is 0 Å². The van der Waals surface area contributed by atoms with Crippen molar-refractivity contribution >= 4 is 15.9 Å². The van der Waals surface area contributed by atoms with E-state index in [1.54, 1.807) is 0 Å². The van der Waals surface area contributed by atoms with E-state index in [4.69, 9.17) is 4.74 Å². The van der Waals surface area contributed by atoms with Crippen molar-refractivity contribution < 1.29 is 4.74 Å². The molecular formula is C13H19BrO. The van der Waals surface area contributed by atoms with E-state index in [0.717, 1.165) is 24.1 Å². The first-order chi connectivity index (χ1) is 7.24. The lowest BCUT2D eigenvalue weighted by Gasteiger charge is -2.18. The zero-order valence-electron chi connectivity index (χ0n) is 9.45. The summed E-state index contributed by atoms with van der Waals surface area (Å²) in [5.74, 6) is 2.38. The van der Waals surface area contributed by atoms with Crippen LogP contribution in [0.3, 0.4) is 0 Å². The minimum Gasteiger partial charge on any atom is -0.494 e. The lowest BCUT2D eigenvalue weighted by molar-refractivity contribution is 0.262. The quantitative estimate of drug-likeness (QED) is 0.707. The lowest BCUT2D eigenvalue weighted by atomic mass is 9.95. The molecule has 0 aliphatic carbocycles. The second-order valence-corrected chi connectivity index (χ2v) is 4.76. The number of halogens is 1. The Bertz CT molecular complexity index is 258. The van der Waals surface area contributed by atoms with E-state index >= 15 is 0 Å². The summed E-state index contributed by atoms with van der Waals surface area (Å²) in [6.45, 7) is 5.32. The molecule has 0 aliphatic rings. The summed E-state index contributed by atoms with van der Waals surface area (Å²) < 4.78 is 5.67. The Hall–Kier alpha value is -0.500. The summed E-state index contributed by atoms with van der Waals surface area (Å²) in [6, 6.07) is 10.00. The first kappa shape index (κ1) is 12.6. The Kier molecular flexibility index (Phi) is 5.77. The minimum atomic E-state index is 0.703. The number of hydrogen-bond acceptors (Lipinski definition) is 1. The number of alkyl halides is 1. The third-order valence-corrected chi connectivity index (χ3v) is 3.47. The van der Waals surface area contributed by atoms with Gasteiger partial charge in [0.2, 0.25) is 0 Å². The van der Waals surface area contributed by atoms with Gasteiger partial charge in [-0.3, -0.25) is 0 Å². The first-order valence-electron chi connectivity index (χ1n) is 5.48. The summed E-state index contributed by atoms with van der Waals surface area (Å²) in [6.07, 6.45) is 1.11. The van der Waals surface area contributed by atoms with Crippen molar-refractivity contribution in [1.29, 1.82) is 0 Å². The fourth-order valence-electron chi connectivity index (χ4n) is 1.43. The topological polar surface area (TPSA) is 9.23 Å². The zero-order valence-corrected chi connectivity index (χ0v) is 11.0. The Labute approximate surface area is 101 Å². The van der Waals surface area contributed by atoms with Crippen molar-refractivity contribution in [3.63, 3.8) is 0 Å². The van der Waals surface area contributed by atoms with E-state index in [0.29, 0.717) is 11.8 Å². The van der Waals surface area contributed by atoms with Crippen LogP contribution in [0.15, 0.2) is 30.3 Å². The maximum atomic E-state index is 5.67. The molecule has 0 fully saturated rings. The van der Waals surface area contributed by atoms with Crippen LogP contribution >= 0.6 is 15.9 Å². The molecule has 0 spiro atoms. The molecule has 0 aliphatic heterocycles. The maximum absolute atomic E-state index is 5.67. The molecule has 1 aromatic rings. The molecule has 0 radical (unpaired) electrons. The van der Waals surface area contributed by atoms with Crippen LogP contribution in [0.2, 0.25) is 0 Å².